The van der Waals surface area contributed by atoms with Crippen LogP contribution >= 0.6 is 27.5 Å². The minimum Gasteiger partial charge on any atom is -0.459 e. The maximum atomic E-state index is 11.7. The molecule has 0 spiro atoms. The number of halogens is 2. The molecule has 0 aliphatic heterocycles. The Morgan fingerprint density at radius 1 is 1.53 bits per heavy atom. The number of benzene rings is 1. The summed E-state index contributed by atoms with van der Waals surface area (Å²) in [5.41, 5.74) is 1.29. The Labute approximate surface area is 103 Å². The normalized spacial score (nSPS) is 10.5. The zero-order valence-corrected chi connectivity index (χ0v) is 10.9. The summed E-state index contributed by atoms with van der Waals surface area (Å²) in [6.07, 6.45) is -0.142. The van der Waals surface area contributed by atoms with Gasteiger partial charge in [0.25, 0.3) is 0 Å². The SMILES string of the molecule is CC(C)OC(=O)c1c(Cl)cccc1CBr. The molecular formula is C11H12BrClO2. The molecule has 1 rings (SSSR count). The topological polar surface area (TPSA) is 26.3 Å². The largest absolute Gasteiger partial charge is 0.459 e. The summed E-state index contributed by atoms with van der Waals surface area (Å²) in [6.45, 7) is 3.62. The first-order chi connectivity index (χ1) is 7.06. The highest BCUT2D eigenvalue weighted by atomic mass is 79.9. The quantitative estimate of drug-likeness (QED) is 0.625. The van der Waals surface area contributed by atoms with Gasteiger partial charge in [0.05, 0.1) is 16.7 Å². The highest BCUT2D eigenvalue weighted by molar-refractivity contribution is 9.08. The molecule has 0 aliphatic rings. The van der Waals surface area contributed by atoms with Crippen LogP contribution in [0.2, 0.25) is 5.02 Å². The molecule has 0 unspecified atom stereocenters. The van der Waals surface area contributed by atoms with Crippen molar-refractivity contribution in [3.63, 3.8) is 0 Å². The number of hydrogen-bond acceptors (Lipinski definition) is 2. The average Bonchev–Trinajstić information content (AvgIpc) is 2.15. The molecule has 2 nitrogen and oxygen atoms in total. The van der Waals surface area contributed by atoms with E-state index in [0.717, 1.165) is 5.56 Å². The standard InChI is InChI=1S/C11H12BrClO2/c1-7(2)15-11(14)10-8(6-12)4-3-5-9(10)13/h3-5,7H,6H2,1-2H3. The Hall–Kier alpha value is -0.540. The second-order valence-corrected chi connectivity index (χ2v) is 4.33. The molecular weight excluding hydrogens is 279 g/mol. The van der Waals surface area contributed by atoms with E-state index >= 15 is 0 Å². The lowest BCUT2D eigenvalue weighted by Gasteiger charge is -2.11. The molecule has 0 aromatic heterocycles. The molecule has 4 heteroatoms. The van der Waals surface area contributed by atoms with E-state index in [9.17, 15) is 4.79 Å². The van der Waals surface area contributed by atoms with Crippen LogP contribution in [0.5, 0.6) is 0 Å². The molecule has 0 saturated heterocycles. The van der Waals surface area contributed by atoms with Crippen molar-refractivity contribution in [3.05, 3.63) is 34.3 Å². The predicted molar refractivity (Wildman–Crippen MR) is 64.6 cm³/mol. The lowest BCUT2D eigenvalue weighted by atomic mass is 10.1. The van der Waals surface area contributed by atoms with Crippen LogP contribution in [-0.2, 0) is 10.1 Å². The first-order valence-electron chi connectivity index (χ1n) is 4.60. The molecule has 15 heavy (non-hydrogen) atoms. The van der Waals surface area contributed by atoms with E-state index in [2.05, 4.69) is 15.9 Å². The Kier molecular flexibility index (Phi) is 4.61. The van der Waals surface area contributed by atoms with Crippen molar-refractivity contribution in [3.8, 4) is 0 Å². The van der Waals surface area contributed by atoms with Crippen LogP contribution < -0.4 is 0 Å². The van der Waals surface area contributed by atoms with Crippen molar-refractivity contribution in [2.24, 2.45) is 0 Å². The van der Waals surface area contributed by atoms with E-state index < -0.39 is 0 Å². The van der Waals surface area contributed by atoms with Crippen LogP contribution in [-0.4, -0.2) is 12.1 Å². The van der Waals surface area contributed by atoms with Crippen LogP contribution in [0.4, 0.5) is 0 Å². The van der Waals surface area contributed by atoms with Crippen LogP contribution in [0, 0.1) is 0 Å². The van der Waals surface area contributed by atoms with Gasteiger partial charge in [-0.3, -0.25) is 0 Å². The Morgan fingerprint density at radius 3 is 2.73 bits per heavy atom. The molecule has 0 saturated carbocycles. The van der Waals surface area contributed by atoms with Gasteiger partial charge in [-0.25, -0.2) is 4.79 Å². The maximum absolute atomic E-state index is 11.7. The van der Waals surface area contributed by atoms with Crippen molar-refractivity contribution in [1.29, 1.82) is 0 Å². The van der Waals surface area contributed by atoms with Gasteiger partial charge < -0.3 is 4.74 Å². The lowest BCUT2D eigenvalue weighted by molar-refractivity contribution is 0.0377. The Morgan fingerprint density at radius 2 is 2.20 bits per heavy atom. The third kappa shape index (κ3) is 3.21. The fourth-order valence-corrected chi connectivity index (χ4v) is 1.92. The molecule has 0 heterocycles. The molecule has 0 fully saturated rings. The van der Waals surface area contributed by atoms with Crippen molar-refractivity contribution in [1.82, 2.24) is 0 Å². The number of esters is 1. The van der Waals surface area contributed by atoms with Crippen molar-refractivity contribution in [2.75, 3.05) is 0 Å². The monoisotopic (exact) mass is 290 g/mol. The molecule has 0 bridgehead atoms. The van der Waals surface area contributed by atoms with E-state index in [4.69, 9.17) is 16.3 Å². The predicted octanol–water partition coefficient (Wildman–Crippen LogP) is 3.80. The van der Waals surface area contributed by atoms with E-state index in [-0.39, 0.29) is 12.1 Å². The van der Waals surface area contributed by atoms with Gasteiger partial charge in [-0.15, -0.1) is 0 Å². The zero-order valence-electron chi connectivity index (χ0n) is 8.59. The lowest BCUT2D eigenvalue weighted by Crippen LogP contribution is -2.13. The van der Waals surface area contributed by atoms with Crippen LogP contribution in [0.15, 0.2) is 18.2 Å². The van der Waals surface area contributed by atoms with Gasteiger partial charge in [0.2, 0.25) is 0 Å². The third-order valence-electron chi connectivity index (χ3n) is 1.79. The summed E-state index contributed by atoms with van der Waals surface area (Å²) < 4.78 is 5.12. The summed E-state index contributed by atoms with van der Waals surface area (Å²) in [5, 5.41) is 1.01. The molecule has 0 N–H and O–H groups in total. The number of alkyl halides is 1. The molecule has 0 aliphatic carbocycles. The number of carbonyl (C=O) groups is 1. The number of rotatable bonds is 3. The van der Waals surface area contributed by atoms with Gasteiger partial charge in [0.1, 0.15) is 0 Å². The van der Waals surface area contributed by atoms with E-state index in [0.29, 0.717) is 15.9 Å². The van der Waals surface area contributed by atoms with Crippen molar-refractivity contribution >= 4 is 33.5 Å². The average molecular weight is 292 g/mol. The molecule has 0 atom stereocenters. The smallest absolute Gasteiger partial charge is 0.340 e. The zero-order chi connectivity index (χ0) is 11.4. The van der Waals surface area contributed by atoms with Gasteiger partial charge in [-0.1, -0.05) is 39.7 Å². The van der Waals surface area contributed by atoms with Crippen LogP contribution in [0.3, 0.4) is 0 Å². The van der Waals surface area contributed by atoms with Crippen molar-refractivity contribution < 1.29 is 9.53 Å². The van der Waals surface area contributed by atoms with Gasteiger partial charge in [0, 0.05) is 5.33 Å². The van der Waals surface area contributed by atoms with E-state index in [1.54, 1.807) is 6.07 Å². The highest BCUT2D eigenvalue weighted by Gasteiger charge is 2.16. The van der Waals surface area contributed by atoms with Crippen LogP contribution in [0.25, 0.3) is 0 Å². The fraction of sp³-hybridized carbons (Fsp3) is 0.364. The van der Waals surface area contributed by atoms with Crippen molar-refractivity contribution in [2.45, 2.75) is 25.3 Å². The highest BCUT2D eigenvalue weighted by Crippen LogP contribution is 2.23. The third-order valence-corrected chi connectivity index (χ3v) is 2.71. The number of carbonyl (C=O) groups excluding carboxylic acids is 1. The summed E-state index contributed by atoms with van der Waals surface area (Å²) in [5.74, 6) is -0.370. The van der Waals surface area contributed by atoms with Gasteiger partial charge in [-0.2, -0.15) is 0 Å². The second kappa shape index (κ2) is 5.52. The van der Waals surface area contributed by atoms with Gasteiger partial charge in [0.15, 0.2) is 0 Å². The van der Waals surface area contributed by atoms with Gasteiger partial charge >= 0.3 is 5.97 Å². The van der Waals surface area contributed by atoms with Crippen LogP contribution in [0.1, 0.15) is 29.8 Å². The minimum absolute atomic E-state index is 0.142. The first kappa shape index (κ1) is 12.5. The fourth-order valence-electron chi connectivity index (χ4n) is 1.18. The molecule has 1 aromatic carbocycles. The summed E-state index contributed by atoms with van der Waals surface area (Å²) in [6, 6.07) is 5.34. The molecule has 82 valence electrons. The summed E-state index contributed by atoms with van der Waals surface area (Å²) in [7, 11) is 0. The number of hydrogen-bond donors (Lipinski definition) is 0. The molecule has 1 aromatic rings. The van der Waals surface area contributed by atoms with Gasteiger partial charge in [-0.05, 0) is 25.5 Å². The number of ether oxygens (including phenoxy) is 1. The first-order valence-corrected chi connectivity index (χ1v) is 6.10. The van der Waals surface area contributed by atoms with E-state index in [1.165, 1.54) is 0 Å². The van der Waals surface area contributed by atoms with E-state index in [1.807, 2.05) is 26.0 Å². The maximum Gasteiger partial charge on any atom is 0.340 e. The summed E-state index contributed by atoms with van der Waals surface area (Å²) in [4.78, 5) is 11.7. The Balaban J connectivity index is 3.06. The second-order valence-electron chi connectivity index (χ2n) is 3.36. The molecule has 0 amide bonds. The minimum atomic E-state index is -0.370. The Bertz CT molecular complexity index is 364. The molecule has 0 radical (unpaired) electrons. The summed E-state index contributed by atoms with van der Waals surface area (Å²) >= 11 is 9.28.